The maximum atomic E-state index is 13.9. The van der Waals surface area contributed by atoms with Gasteiger partial charge in [0.05, 0.1) is 23.8 Å². The van der Waals surface area contributed by atoms with Gasteiger partial charge in [0, 0.05) is 31.1 Å². The number of hydrogen-bond donors (Lipinski definition) is 3. The van der Waals surface area contributed by atoms with Crippen LogP contribution in [0.4, 0.5) is 8.78 Å². The van der Waals surface area contributed by atoms with Gasteiger partial charge in [0.25, 0.3) is 5.91 Å². The summed E-state index contributed by atoms with van der Waals surface area (Å²) in [7, 11) is 0. The first-order valence-corrected chi connectivity index (χ1v) is 10.1. The molecule has 1 saturated heterocycles. The summed E-state index contributed by atoms with van der Waals surface area (Å²) >= 11 is 5.33. The van der Waals surface area contributed by atoms with Crippen LogP contribution in [0.25, 0.3) is 11.4 Å². The molecular weight excluding hydrogens is 446 g/mol. The van der Waals surface area contributed by atoms with Crippen molar-refractivity contribution in [2.24, 2.45) is 5.92 Å². The smallest absolute Gasteiger partial charge is 0.380 e. The second-order valence-electron chi connectivity index (χ2n) is 6.91. The van der Waals surface area contributed by atoms with E-state index in [1.807, 2.05) is 0 Å². The van der Waals surface area contributed by atoms with Crippen molar-refractivity contribution in [3.05, 3.63) is 75.2 Å². The fourth-order valence-electron chi connectivity index (χ4n) is 2.86. The third-order valence-corrected chi connectivity index (χ3v) is 4.82. The number of nitrogens with one attached hydrogen (secondary N) is 3. The first-order valence-electron chi connectivity index (χ1n) is 9.76. The number of nitrogens with zero attached hydrogens (tertiary/aromatic N) is 1. The highest BCUT2D eigenvalue weighted by Gasteiger charge is 2.17. The lowest BCUT2D eigenvalue weighted by Gasteiger charge is -2.14. The van der Waals surface area contributed by atoms with Gasteiger partial charge < -0.3 is 15.4 Å². The van der Waals surface area contributed by atoms with Crippen LogP contribution in [0.5, 0.6) is 0 Å². The number of ether oxygens (including phenoxy) is 1. The van der Waals surface area contributed by atoms with E-state index in [2.05, 4.69) is 25.3 Å². The Morgan fingerprint density at radius 3 is 2.72 bits per heavy atom. The highest BCUT2D eigenvalue weighted by molar-refractivity contribution is 6.30. The first kappa shape index (κ1) is 23.6. The molecular formula is C21H21ClF2N4O4. The van der Waals surface area contributed by atoms with Crippen molar-refractivity contribution in [2.75, 3.05) is 32.8 Å². The second kappa shape index (κ2) is 11.5. The number of carbonyl (C=O) groups excluding carboxylic acids is 1. The van der Waals surface area contributed by atoms with Crippen LogP contribution in [-0.2, 0) is 4.74 Å². The van der Waals surface area contributed by atoms with Gasteiger partial charge in [-0.15, -0.1) is 0 Å². The summed E-state index contributed by atoms with van der Waals surface area (Å²) in [5.74, 6) is -2.00. The van der Waals surface area contributed by atoms with Gasteiger partial charge in [-0.1, -0.05) is 28.9 Å². The molecule has 2 aromatic carbocycles. The van der Waals surface area contributed by atoms with Crippen molar-refractivity contribution in [2.45, 2.75) is 0 Å². The minimum absolute atomic E-state index is 0.00651. The van der Waals surface area contributed by atoms with Gasteiger partial charge in [0.1, 0.15) is 11.6 Å². The molecule has 0 bridgehead atoms. The van der Waals surface area contributed by atoms with Crippen molar-refractivity contribution in [3.63, 3.8) is 0 Å². The van der Waals surface area contributed by atoms with Gasteiger partial charge in [0.2, 0.25) is 0 Å². The van der Waals surface area contributed by atoms with Crippen molar-refractivity contribution >= 4 is 17.5 Å². The zero-order valence-corrected chi connectivity index (χ0v) is 17.6. The number of aromatic amines is 1. The fourth-order valence-corrected chi connectivity index (χ4v) is 3.00. The molecule has 0 aliphatic carbocycles. The predicted molar refractivity (Wildman–Crippen MR) is 113 cm³/mol. The zero-order chi connectivity index (χ0) is 22.9. The number of H-pyrrole nitrogens is 1. The normalized spacial score (nSPS) is 15.9. The number of benzene rings is 2. The Balaban J connectivity index is 0.000000305. The third-order valence-electron chi connectivity index (χ3n) is 4.51. The van der Waals surface area contributed by atoms with Crippen LogP contribution in [0.1, 0.15) is 10.4 Å². The molecule has 1 fully saturated rings. The summed E-state index contributed by atoms with van der Waals surface area (Å²) in [4.78, 5) is 25.5. The van der Waals surface area contributed by atoms with E-state index in [9.17, 15) is 18.4 Å². The van der Waals surface area contributed by atoms with E-state index < -0.39 is 11.6 Å². The van der Waals surface area contributed by atoms with Crippen LogP contribution in [0.3, 0.4) is 0 Å². The number of hydrogen-bond acceptors (Lipinski definition) is 6. The molecule has 0 radical (unpaired) electrons. The monoisotopic (exact) mass is 466 g/mol. The molecule has 1 aliphatic heterocycles. The molecule has 170 valence electrons. The molecule has 11 heteroatoms. The fraction of sp³-hybridized carbons (Fsp3) is 0.286. The Bertz CT molecular complexity index is 1080. The Labute approximate surface area is 186 Å². The van der Waals surface area contributed by atoms with E-state index in [1.54, 1.807) is 12.1 Å². The highest BCUT2D eigenvalue weighted by Crippen LogP contribution is 2.20. The van der Waals surface area contributed by atoms with E-state index in [0.29, 0.717) is 19.8 Å². The third kappa shape index (κ3) is 6.71. The SMILES string of the molecule is Fc1ccccc1Cl.O=C(NCC1CNCCOC1)c1ccc(F)c(-c2noc(=O)[nH]2)c1. The van der Waals surface area contributed by atoms with Crippen LogP contribution >= 0.6 is 11.6 Å². The number of carbonyl (C=O) groups is 1. The van der Waals surface area contributed by atoms with Crippen LogP contribution in [0.2, 0.25) is 5.02 Å². The van der Waals surface area contributed by atoms with Crippen molar-refractivity contribution in [1.82, 2.24) is 20.8 Å². The maximum Gasteiger partial charge on any atom is 0.439 e. The highest BCUT2D eigenvalue weighted by atomic mass is 35.5. The lowest BCUT2D eigenvalue weighted by atomic mass is 10.1. The van der Waals surface area contributed by atoms with E-state index in [0.717, 1.165) is 19.2 Å². The van der Waals surface area contributed by atoms with Crippen LogP contribution < -0.4 is 16.4 Å². The first-order chi connectivity index (χ1) is 15.4. The molecule has 2 heterocycles. The van der Waals surface area contributed by atoms with Crippen molar-refractivity contribution in [1.29, 1.82) is 0 Å². The minimum atomic E-state index is -0.792. The van der Waals surface area contributed by atoms with Gasteiger partial charge >= 0.3 is 5.76 Å². The summed E-state index contributed by atoms with van der Waals surface area (Å²) in [6, 6.07) is 9.95. The van der Waals surface area contributed by atoms with E-state index >= 15 is 0 Å². The van der Waals surface area contributed by atoms with Gasteiger partial charge in [0.15, 0.2) is 5.82 Å². The summed E-state index contributed by atoms with van der Waals surface area (Å²) in [6.45, 7) is 3.22. The number of halogens is 3. The lowest BCUT2D eigenvalue weighted by Crippen LogP contribution is -2.35. The predicted octanol–water partition coefficient (Wildman–Crippen LogP) is 2.61. The molecule has 32 heavy (non-hydrogen) atoms. The van der Waals surface area contributed by atoms with E-state index in [1.165, 1.54) is 24.3 Å². The number of rotatable bonds is 4. The minimum Gasteiger partial charge on any atom is -0.380 e. The van der Waals surface area contributed by atoms with E-state index in [4.69, 9.17) is 16.3 Å². The van der Waals surface area contributed by atoms with Crippen LogP contribution in [0, 0.1) is 17.6 Å². The topological polar surface area (TPSA) is 109 Å². The zero-order valence-electron chi connectivity index (χ0n) is 16.9. The van der Waals surface area contributed by atoms with Crippen molar-refractivity contribution in [3.8, 4) is 11.4 Å². The molecule has 4 rings (SSSR count). The summed E-state index contributed by atoms with van der Waals surface area (Å²) in [5.41, 5.74) is 0.255. The molecule has 1 atom stereocenters. The Hall–Kier alpha value is -3.08. The molecule has 3 N–H and O–H groups in total. The maximum absolute atomic E-state index is 13.9. The van der Waals surface area contributed by atoms with Gasteiger partial charge in [-0.3, -0.25) is 14.3 Å². The standard InChI is InChI=1S/C15H17FN4O4.C6H4ClF/c16-12-2-1-10(5-11(12)13-19-15(22)24-20-13)14(21)18-7-9-6-17-3-4-23-8-9;7-5-3-1-2-4-6(5)8/h1-2,5,9,17H,3-4,6-8H2,(H,18,21)(H,19,20,22);1-4H. The molecule has 8 nitrogen and oxygen atoms in total. The molecule has 0 saturated carbocycles. The molecule has 1 aromatic heterocycles. The average molecular weight is 467 g/mol. The second-order valence-corrected chi connectivity index (χ2v) is 7.31. The van der Waals surface area contributed by atoms with Gasteiger partial charge in [-0.2, -0.15) is 0 Å². The lowest BCUT2D eigenvalue weighted by molar-refractivity contribution is 0.0921. The van der Waals surface area contributed by atoms with E-state index in [-0.39, 0.29) is 39.6 Å². The van der Waals surface area contributed by atoms with Crippen LogP contribution in [-0.4, -0.2) is 48.9 Å². The van der Waals surface area contributed by atoms with Crippen LogP contribution in [0.15, 0.2) is 51.8 Å². The van der Waals surface area contributed by atoms with Gasteiger partial charge in [-0.05, 0) is 30.3 Å². The quantitative estimate of drug-likeness (QED) is 0.545. The summed E-state index contributed by atoms with van der Waals surface area (Å²) in [5, 5.41) is 9.64. The Morgan fingerprint density at radius 1 is 1.22 bits per heavy atom. The summed E-state index contributed by atoms with van der Waals surface area (Å²) in [6.07, 6.45) is 0. The van der Waals surface area contributed by atoms with Crippen molar-refractivity contribution < 1.29 is 22.8 Å². The number of aromatic nitrogens is 2. The molecule has 1 aliphatic rings. The van der Waals surface area contributed by atoms with Gasteiger partial charge in [-0.25, -0.2) is 13.6 Å². The molecule has 3 aromatic rings. The number of amides is 1. The summed E-state index contributed by atoms with van der Waals surface area (Å²) < 4.78 is 35.9. The molecule has 1 unspecified atom stereocenters. The Morgan fingerprint density at radius 2 is 2.03 bits per heavy atom. The Kier molecular flexibility index (Phi) is 8.48. The largest absolute Gasteiger partial charge is 0.439 e. The molecule has 1 amide bonds. The average Bonchev–Trinajstić information content (AvgIpc) is 3.05. The molecule has 0 spiro atoms.